The zero-order valence-corrected chi connectivity index (χ0v) is 21.8. The lowest BCUT2D eigenvalue weighted by Gasteiger charge is -2.45. The summed E-state index contributed by atoms with van der Waals surface area (Å²) in [6.07, 6.45) is 6.72. The van der Waals surface area contributed by atoms with Crippen LogP contribution >= 0.6 is 0 Å². The number of nitrogens with zero attached hydrogens (tertiary/aromatic N) is 8. The van der Waals surface area contributed by atoms with Crippen LogP contribution in [0.25, 0.3) is 27.1 Å². The Kier molecular flexibility index (Phi) is 6.60. The lowest BCUT2D eigenvalue weighted by molar-refractivity contribution is 0.0813. The first-order chi connectivity index (χ1) is 16.1. The third kappa shape index (κ3) is 4.76. The molecular weight excluding hydrogens is 472 g/mol. The maximum atomic E-state index is 12.2. The summed E-state index contributed by atoms with van der Waals surface area (Å²) in [6, 6.07) is 1.08. The largest absolute Gasteiger partial charge is 0.359 e. The van der Waals surface area contributed by atoms with Crippen LogP contribution in [0.5, 0.6) is 0 Å². The molecule has 1 aliphatic rings. The van der Waals surface area contributed by atoms with Crippen LogP contribution in [0.3, 0.4) is 0 Å². The van der Waals surface area contributed by atoms with Crippen LogP contribution in [0.2, 0.25) is 25.7 Å². The van der Waals surface area contributed by atoms with Crippen molar-refractivity contribution in [2.45, 2.75) is 44.9 Å². The van der Waals surface area contributed by atoms with E-state index in [1.165, 1.54) is 10.6 Å². The predicted octanol–water partition coefficient (Wildman–Crippen LogP) is 2.28. The van der Waals surface area contributed by atoms with Crippen molar-refractivity contribution in [1.82, 2.24) is 33.8 Å². The first-order valence-corrected chi connectivity index (χ1v) is 16.5. The van der Waals surface area contributed by atoms with Gasteiger partial charge in [0.15, 0.2) is 11.2 Å². The molecule has 1 fully saturated rings. The lowest BCUT2D eigenvalue weighted by atomic mass is 9.92. The fourth-order valence-corrected chi connectivity index (χ4v) is 5.90. The van der Waals surface area contributed by atoms with Crippen LogP contribution in [-0.2, 0) is 27.0 Å². The van der Waals surface area contributed by atoms with Crippen molar-refractivity contribution in [2.24, 2.45) is 0 Å². The van der Waals surface area contributed by atoms with Crippen molar-refractivity contribution < 1.29 is 13.2 Å². The molecule has 34 heavy (non-hydrogen) atoms. The summed E-state index contributed by atoms with van der Waals surface area (Å²) >= 11 is 0. The second-order valence-electron chi connectivity index (χ2n) is 9.83. The van der Waals surface area contributed by atoms with Gasteiger partial charge >= 0.3 is 0 Å². The lowest BCUT2D eigenvalue weighted by Crippen LogP contribution is -2.65. The van der Waals surface area contributed by atoms with Crippen LogP contribution < -0.4 is 0 Å². The van der Waals surface area contributed by atoms with Gasteiger partial charge in [0.05, 0.1) is 29.2 Å². The molecule has 0 unspecified atom stereocenters. The smallest absolute Gasteiger partial charge is 0.242 e. The van der Waals surface area contributed by atoms with Gasteiger partial charge in [-0.2, -0.15) is 14.5 Å². The number of sulfonamides is 1. The fourth-order valence-electron chi connectivity index (χ4n) is 3.91. The predicted molar refractivity (Wildman–Crippen MR) is 131 cm³/mol. The first-order valence-electron chi connectivity index (χ1n) is 11.2. The second-order valence-corrected chi connectivity index (χ2v) is 17.7. The average molecular weight is 503 g/mol. The van der Waals surface area contributed by atoms with E-state index >= 15 is 0 Å². The summed E-state index contributed by atoms with van der Waals surface area (Å²) in [4.78, 5) is 12.4. The van der Waals surface area contributed by atoms with Gasteiger partial charge in [-0.1, -0.05) is 19.6 Å². The Morgan fingerprint density at radius 3 is 2.65 bits per heavy atom. The molecular formula is C21H30N8O3SSi. The summed E-state index contributed by atoms with van der Waals surface area (Å²) in [5.41, 5.74) is 1.43. The highest BCUT2D eigenvalue weighted by atomic mass is 32.2. The third-order valence-electron chi connectivity index (χ3n) is 6.06. The van der Waals surface area contributed by atoms with Crippen LogP contribution in [0.15, 0.2) is 24.9 Å². The maximum absolute atomic E-state index is 12.2. The molecule has 3 aromatic heterocycles. The molecule has 13 heteroatoms. The van der Waals surface area contributed by atoms with Crippen molar-refractivity contribution in [2.75, 3.05) is 32.0 Å². The van der Waals surface area contributed by atoms with E-state index in [1.807, 2.05) is 6.20 Å². The van der Waals surface area contributed by atoms with Gasteiger partial charge in [0, 0.05) is 39.5 Å². The van der Waals surface area contributed by atoms with Crippen molar-refractivity contribution >= 4 is 29.1 Å². The van der Waals surface area contributed by atoms with E-state index in [1.54, 1.807) is 28.7 Å². The Balaban J connectivity index is 1.55. The zero-order valence-electron chi connectivity index (χ0n) is 20.0. The minimum absolute atomic E-state index is 0.0379. The van der Waals surface area contributed by atoms with E-state index in [4.69, 9.17) is 11.3 Å². The number of fused-ring (bicyclic) bond motifs is 1. The van der Waals surface area contributed by atoms with Crippen molar-refractivity contribution in [3.8, 4) is 11.3 Å². The molecule has 1 saturated heterocycles. The van der Waals surface area contributed by atoms with E-state index in [2.05, 4.69) is 44.7 Å². The molecule has 11 nitrogen and oxygen atoms in total. The van der Waals surface area contributed by atoms with Gasteiger partial charge in [-0.15, -0.1) is 0 Å². The van der Waals surface area contributed by atoms with E-state index in [9.17, 15) is 8.42 Å². The molecule has 0 radical (unpaired) electrons. The van der Waals surface area contributed by atoms with Crippen molar-refractivity contribution in [3.63, 3.8) is 0 Å². The molecule has 4 rings (SSSR count). The first kappa shape index (κ1) is 24.5. The molecule has 1 aliphatic heterocycles. The van der Waals surface area contributed by atoms with Gasteiger partial charge < -0.3 is 9.58 Å². The van der Waals surface area contributed by atoms with Crippen LogP contribution in [0.4, 0.5) is 0 Å². The van der Waals surface area contributed by atoms with E-state index in [-0.39, 0.29) is 25.4 Å². The molecule has 182 valence electrons. The van der Waals surface area contributed by atoms with Gasteiger partial charge in [0.1, 0.15) is 13.1 Å². The summed E-state index contributed by atoms with van der Waals surface area (Å²) in [7, 11) is -4.47. The summed E-state index contributed by atoms with van der Waals surface area (Å²) < 4.78 is 35.1. The van der Waals surface area contributed by atoms with Gasteiger partial charge in [0.2, 0.25) is 16.6 Å². The van der Waals surface area contributed by atoms with E-state index in [0.29, 0.717) is 24.7 Å². The highest BCUT2D eigenvalue weighted by Gasteiger charge is 2.52. The molecule has 0 saturated carbocycles. The van der Waals surface area contributed by atoms with Gasteiger partial charge in [-0.05, 0) is 13.0 Å². The van der Waals surface area contributed by atoms with E-state index < -0.39 is 23.6 Å². The Bertz CT molecular complexity index is 1320. The SMILES string of the molecule is [C-]#[N+]CC1(n2cc(-c3ncnc4c3cnn4COCC[Si](C)(C)C)cn2)CN(S(=O)(=O)CC)C1. The average Bonchev–Trinajstić information content (AvgIpc) is 3.40. The minimum Gasteiger partial charge on any atom is -0.359 e. The van der Waals surface area contributed by atoms with Crippen LogP contribution in [0, 0.1) is 6.57 Å². The second kappa shape index (κ2) is 9.18. The zero-order chi connectivity index (χ0) is 24.6. The topological polar surface area (TPSA) is 112 Å². The molecule has 0 bridgehead atoms. The van der Waals surface area contributed by atoms with Crippen LogP contribution in [-0.4, -0.2) is 82.3 Å². The summed E-state index contributed by atoms with van der Waals surface area (Å²) in [6.45, 7) is 17.6. The normalized spacial score (nSPS) is 16.4. The van der Waals surface area contributed by atoms with E-state index in [0.717, 1.165) is 17.0 Å². The molecule has 0 spiro atoms. The molecule has 0 aromatic carbocycles. The fraction of sp³-hybridized carbons (Fsp3) is 0.571. The maximum Gasteiger partial charge on any atom is 0.242 e. The number of rotatable bonds is 10. The number of aromatic nitrogens is 6. The Labute approximate surface area is 200 Å². The number of hydrogen-bond donors (Lipinski definition) is 0. The standard InChI is InChI=1S/C21H30N8O3SSi/c1-6-33(30,31)27-13-21(14-27,12-22-2)29-11-17(9-26-29)19-18-10-25-28(20(18)24-15-23-19)16-32-7-8-34(3,4)5/h9-11,15H,6-8,12-14,16H2,1,3-5H3. The molecule has 0 atom stereocenters. The molecule has 4 heterocycles. The monoisotopic (exact) mass is 502 g/mol. The van der Waals surface area contributed by atoms with Crippen LogP contribution in [0.1, 0.15) is 6.92 Å². The molecule has 0 N–H and O–H groups in total. The number of hydrogen-bond acceptors (Lipinski definition) is 7. The molecule has 0 aliphatic carbocycles. The third-order valence-corrected chi connectivity index (χ3v) is 9.54. The summed E-state index contributed by atoms with van der Waals surface area (Å²) in [5, 5.41) is 9.70. The van der Waals surface area contributed by atoms with Gasteiger partial charge in [-0.25, -0.2) is 29.6 Å². The highest BCUT2D eigenvalue weighted by Crippen LogP contribution is 2.34. The Hall–Kier alpha value is -2.66. The molecule has 0 amide bonds. The minimum atomic E-state index is -3.30. The molecule has 3 aromatic rings. The van der Waals surface area contributed by atoms with Crippen molar-refractivity contribution in [3.05, 3.63) is 36.3 Å². The Morgan fingerprint density at radius 1 is 1.21 bits per heavy atom. The van der Waals surface area contributed by atoms with Gasteiger partial charge in [0.25, 0.3) is 0 Å². The quantitative estimate of drug-likeness (QED) is 0.237. The van der Waals surface area contributed by atoms with Gasteiger partial charge in [-0.3, -0.25) is 4.68 Å². The highest BCUT2D eigenvalue weighted by molar-refractivity contribution is 7.89. The number of ether oxygens (including phenoxy) is 1. The van der Waals surface area contributed by atoms with Crippen molar-refractivity contribution in [1.29, 1.82) is 0 Å². The summed E-state index contributed by atoms with van der Waals surface area (Å²) in [5.74, 6) is 0.0379. The Morgan fingerprint density at radius 2 is 1.97 bits per heavy atom.